The van der Waals surface area contributed by atoms with Crippen LogP contribution in [-0.2, 0) is 0 Å². The van der Waals surface area contributed by atoms with Crippen molar-refractivity contribution in [3.8, 4) is 28.7 Å². The zero-order valence-electron chi connectivity index (χ0n) is 11.6. The van der Waals surface area contributed by atoms with Crippen LogP contribution in [0.1, 0.15) is 6.92 Å². The molecule has 3 rings (SSSR count). The second-order valence-electron chi connectivity index (χ2n) is 4.44. The number of anilines is 1. The van der Waals surface area contributed by atoms with Crippen LogP contribution in [0, 0.1) is 0 Å². The first-order chi connectivity index (χ1) is 10.3. The first-order valence-corrected chi connectivity index (χ1v) is 6.70. The molecule has 21 heavy (non-hydrogen) atoms. The maximum absolute atomic E-state index is 5.95. The van der Waals surface area contributed by atoms with Crippen molar-refractivity contribution in [2.45, 2.75) is 6.92 Å². The highest BCUT2D eigenvalue weighted by molar-refractivity contribution is 5.72. The molecule has 0 aliphatic rings. The van der Waals surface area contributed by atoms with Crippen LogP contribution >= 0.6 is 0 Å². The van der Waals surface area contributed by atoms with Gasteiger partial charge in [0.05, 0.1) is 17.9 Å². The summed E-state index contributed by atoms with van der Waals surface area (Å²) in [6.07, 6.45) is 0. The van der Waals surface area contributed by atoms with Crippen molar-refractivity contribution < 1.29 is 9.15 Å². The van der Waals surface area contributed by atoms with Crippen LogP contribution < -0.4 is 10.5 Å². The Bertz CT molecular complexity index is 738. The zero-order chi connectivity index (χ0) is 14.7. The number of rotatable bonds is 4. The van der Waals surface area contributed by atoms with Crippen molar-refractivity contribution in [3.63, 3.8) is 0 Å². The lowest BCUT2D eigenvalue weighted by molar-refractivity contribution is 0.342. The maximum atomic E-state index is 5.95. The lowest BCUT2D eigenvalue weighted by Crippen LogP contribution is -1.99. The second-order valence-corrected chi connectivity index (χ2v) is 4.44. The Kier molecular flexibility index (Phi) is 3.55. The van der Waals surface area contributed by atoms with Gasteiger partial charge >= 0.3 is 0 Å². The predicted octanol–water partition coefficient (Wildman–Crippen LogP) is 3.38. The van der Waals surface area contributed by atoms with Crippen LogP contribution in [0.5, 0.6) is 5.75 Å². The van der Waals surface area contributed by atoms with E-state index in [2.05, 4.69) is 10.2 Å². The van der Waals surface area contributed by atoms with Crippen LogP contribution in [-0.4, -0.2) is 16.8 Å². The number of para-hydroxylation sites is 1. The third-order valence-electron chi connectivity index (χ3n) is 3.01. The number of ether oxygens (including phenoxy) is 1. The average molecular weight is 281 g/mol. The van der Waals surface area contributed by atoms with Crippen molar-refractivity contribution in [1.82, 2.24) is 10.2 Å². The molecule has 1 aromatic heterocycles. The molecule has 0 spiro atoms. The van der Waals surface area contributed by atoms with Gasteiger partial charge in [-0.05, 0) is 31.2 Å². The first kappa shape index (κ1) is 13.2. The van der Waals surface area contributed by atoms with Crippen LogP contribution in [0.15, 0.2) is 52.9 Å². The summed E-state index contributed by atoms with van der Waals surface area (Å²) in [5.74, 6) is 1.43. The minimum Gasteiger partial charge on any atom is -0.491 e. The van der Waals surface area contributed by atoms with Crippen molar-refractivity contribution >= 4 is 5.69 Å². The third-order valence-corrected chi connectivity index (χ3v) is 3.01. The number of benzene rings is 2. The molecule has 2 N–H and O–H groups in total. The summed E-state index contributed by atoms with van der Waals surface area (Å²) in [5.41, 5.74) is 8.07. The molecule has 0 aliphatic carbocycles. The maximum Gasteiger partial charge on any atom is 0.251 e. The topological polar surface area (TPSA) is 74.2 Å². The van der Waals surface area contributed by atoms with Gasteiger partial charge in [0.2, 0.25) is 5.89 Å². The van der Waals surface area contributed by atoms with Gasteiger partial charge < -0.3 is 14.9 Å². The van der Waals surface area contributed by atoms with Gasteiger partial charge in [-0.1, -0.05) is 24.3 Å². The van der Waals surface area contributed by atoms with Crippen LogP contribution in [0.2, 0.25) is 0 Å². The first-order valence-electron chi connectivity index (χ1n) is 6.70. The number of hydrogen-bond donors (Lipinski definition) is 1. The molecule has 3 aromatic rings. The van der Waals surface area contributed by atoms with Gasteiger partial charge in [0, 0.05) is 5.56 Å². The quantitative estimate of drug-likeness (QED) is 0.742. The van der Waals surface area contributed by atoms with Gasteiger partial charge in [0.1, 0.15) is 0 Å². The molecule has 0 amide bonds. The molecule has 1 heterocycles. The number of nitrogens with two attached hydrogens (primary N) is 1. The lowest BCUT2D eigenvalue weighted by Gasteiger charge is -2.09. The Morgan fingerprint density at radius 1 is 1.00 bits per heavy atom. The van der Waals surface area contributed by atoms with Gasteiger partial charge in [0.15, 0.2) is 5.75 Å². The van der Waals surface area contributed by atoms with E-state index in [1.54, 1.807) is 6.07 Å². The minimum absolute atomic E-state index is 0.393. The average Bonchev–Trinajstić information content (AvgIpc) is 3.00. The summed E-state index contributed by atoms with van der Waals surface area (Å²) >= 11 is 0. The van der Waals surface area contributed by atoms with Gasteiger partial charge in [-0.15, -0.1) is 10.2 Å². The summed E-state index contributed by atoms with van der Waals surface area (Å²) in [6.45, 7) is 2.42. The van der Waals surface area contributed by atoms with E-state index in [9.17, 15) is 0 Å². The highest BCUT2D eigenvalue weighted by atomic mass is 16.5. The van der Waals surface area contributed by atoms with Gasteiger partial charge in [-0.2, -0.15) is 0 Å². The largest absolute Gasteiger partial charge is 0.491 e. The van der Waals surface area contributed by atoms with Gasteiger partial charge in [-0.3, -0.25) is 0 Å². The van der Waals surface area contributed by atoms with E-state index in [1.165, 1.54) is 0 Å². The lowest BCUT2D eigenvalue weighted by atomic mass is 10.1. The Labute approximate surface area is 122 Å². The molecule has 0 saturated carbocycles. The van der Waals surface area contributed by atoms with E-state index >= 15 is 0 Å². The highest BCUT2D eigenvalue weighted by Gasteiger charge is 2.16. The fourth-order valence-corrected chi connectivity index (χ4v) is 2.06. The van der Waals surface area contributed by atoms with Crippen molar-refractivity contribution in [1.29, 1.82) is 0 Å². The molecule has 106 valence electrons. The molecular weight excluding hydrogens is 266 g/mol. The normalized spacial score (nSPS) is 10.5. The molecule has 5 heteroatoms. The molecule has 0 radical (unpaired) electrons. The Morgan fingerprint density at radius 2 is 1.76 bits per heavy atom. The van der Waals surface area contributed by atoms with Gasteiger partial charge in [-0.25, -0.2) is 0 Å². The van der Waals surface area contributed by atoms with Crippen molar-refractivity contribution in [3.05, 3.63) is 48.5 Å². The van der Waals surface area contributed by atoms with E-state index in [4.69, 9.17) is 14.9 Å². The summed E-state index contributed by atoms with van der Waals surface area (Å²) in [6, 6.07) is 15.1. The number of hydrogen-bond acceptors (Lipinski definition) is 5. The number of nitrogen functional groups attached to an aromatic ring is 1. The molecular formula is C16H15N3O2. The van der Waals surface area contributed by atoms with Crippen LogP contribution in [0.4, 0.5) is 5.69 Å². The van der Waals surface area contributed by atoms with Crippen molar-refractivity contribution in [2.24, 2.45) is 0 Å². The molecule has 5 nitrogen and oxygen atoms in total. The third kappa shape index (κ3) is 2.58. The standard InChI is InChI=1S/C16H15N3O2/c1-2-20-14-12(9-6-10-13(14)17)16-19-18-15(21-16)11-7-4-3-5-8-11/h3-10H,2,17H2,1H3. The molecule has 0 atom stereocenters. The Hall–Kier alpha value is -2.82. The predicted molar refractivity (Wildman–Crippen MR) is 80.8 cm³/mol. The number of nitrogens with zero attached hydrogens (tertiary/aromatic N) is 2. The van der Waals surface area contributed by atoms with E-state index in [-0.39, 0.29) is 0 Å². The van der Waals surface area contributed by atoms with E-state index < -0.39 is 0 Å². The molecule has 0 saturated heterocycles. The van der Waals surface area contributed by atoms with Crippen LogP contribution in [0.3, 0.4) is 0 Å². The van der Waals surface area contributed by atoms with E-state index in [1.807, 2.05) is 49.4 Å². The fourth-order valence-electron chi connectivity index (χ4n) is 2.06. The zero-order valence-corrected chi connectivity index (χ0v) is 11.6. The van der Waals surface area contributed by atoms with Crippen molar-refractivity contribution in [2.75, 3.05) is 12.3 Å². The summed E-state index contributed by atoms with van der Waals surface area (Å²) in [4.78, 5) is 0. The van der Waals surface area contributed by atoms with Gasteiger partial charge in [0.25, 0.3) is 5.89 Å². The highest BCUT2D eigenvalue weighted by Crippen LogP contribution is 2.35. The summed E-state index contributed by atoms with van der Waals surface area (Å²) < 4.78 is 11.3. The minimum atomic E-state index is 0.393. The molecule has 0 unspecified atom stereocenters. The smallest absolute Gasteiger partial charge is 0.251 e. The Morgan fingerprint density at radius 3 is 2.52 bits per heavy atom. The fraction of sp³-hybridized carbons (Fsp3) is 0.125. The van der Waals surface area contributed by atoms with E-state index in [0.717, 1.165) is 5.56 Å². The second kappa shape index (κ2) is 5.66. The van der Waals surface area contributed by atoms with Crippen LogP contribution in [0.25, 0.3) is 22.9 Å². The SMILES string of the molecule is CCOc1c(N)cccc1-c1nnc(-c2ccccc2)o1. The molecule has 0 fully saturated rings. The molecule has 2 aromatic carbocycles. The Balaban J connectivity index is 2.03. The van der Waals surface area contributed by atoms with E-state index in [0.29, 0.717) is 35.4 Å². The monoisotopic (exact) mass is 281 g/mol. The summed E-state index contributed by atoms with van der Waals surface area (Å²) in [7, 11) is 0. The molecule has 0 bridgehead atoms. The number of aromatic nitrogens is 2. The summed E-state index contributed by atoms with van der Waals surface area (Å²) in [5, 5.41) is 8.18. The molecule has 0 aliphatic heterocycles.